The van der Waals surface area contributed by atoms with E-state index in [2.05, 4.69) is 4.90 Å². The fourth-order valence-electron chi connectivity index (χ4n) is 5.61. The molecule has 4 rings (SSSR count). The average molecular weight is 550 g/mol. The molecule has 0 bridgehead atoms. The molecule has 0 aromatic heterocycles. The molecule has 0 unspecified atom stereocenters. The molecule has 0 saturated carbocycles. The number of ether oxygens (including phenoxy) is 1. The molecule has 208 valence electrons. The lowest BCUT2D eigenvalue weighted by atomic mass is 9.71. The van der Waals surface area contributed by atoms with Crippen LogP contribution in [0.15, 0.2) is 35.2 Å². The molecule has 1 aromatic rings. The van der Waals surface area contributed by atoms with Crippen molar-refractivity contribution < 1.29 is 41.0 Å². The van der Waals surface area contributed by atoms with Crippen molar-refractivity contribution in [3.63, 3.8) is 0 Å². The number of carbonyl (C=O) groups is 2. The third-order valence-electron chi connectivity index (χ3n) is 7.84. The Morgan fingerprint density at radius 3 is 2.08 bits per heavy atom. The van der Waals surface area contributed by atoms with Crippen LogP contribution < -0.4 is 0 Å². The summed E-state index contributed by atoms with van der Waals surface area (Å²) in [7, 11) is 0.166. The molecular formula is C24H34F3N3O6S. The maximum Gasteiger partial charge on any atom is 0.490 e. The van der Waals surface area contributed by atoms with Crippen molar-refractivity contribution in [1.82, 2.24) is 14.1 Å². The van der Waals surface area contributed by atoms with Gasteiger partial charge in [0.25, 0.3) is 0 Å². The highest BCUT2D eigenvalue weighted by Crippen LogP contribution is 2.52. The van der Waals surface area contributed by atoms with Crippen LogP contribution in [-0.4, -0.2) is 105 Å². The molecule has 13 heteroatoms. The summed E-state index contributed by atoms with van der Waals surface area (Å²) in [5.74, 6) is -2.50. The summed E-state index contributed by atoms with van der Waals surface area (Å²) in [4.78, 5) is 26.9. The van der Waals surface area contributed by atoms with Gasteiger partial charge < -0.3 is 19.6 Å². The lowest BCUT2D eigenvalue weighted by Crippen LogP contribution is -2.52. The smallest absolute Gasteiger partial charge is 0.475 e. The molecule has 0 atom stereocenters. The van der Waals surface area contributed by atoms with Gasteiger partial charge >= 0.3 is 12.1 Å². The van der Waals surface area contributed by atoms with Crippen LogP contribution in [0.25, 0.3) is 0 Å². The van der Waals surface area contributed by atoms with Gasteiger partial charge in [0, 0.05) is 39.3 Å². The molecule has 3 heterocycles. The van der Waals surface area contributed by atoms with Gasteiger partial charge in [0.2, 0.25) is 15.9 Å². The molecule has 1 amide bonds. The Labute approximate surface area is 215 Å². The number of amides is 1. The second-order valence-corrected chi connectivity index (χ2v) is 11.8. The first-order valence-electron chi connectivity index (χ1n) is 12.1. The molecule has 3 saturated heterocycles. The fourth-order valence-corrected chi connectivity index (χ4v) is 7.07. The van der Waals surface area contributed by atoms with Crippen LogP contribution in [0.4, 0.5) is 13.2 Å². The number of aliphatic carboxylic acids is 1. The summed E-state index contributed by atoms with van der Waals surface area (Å²) in [5.41, 5.74) is -0.493. The molecule has 3 aliphatic heterocycles. The van der Waals surface area contributed by atoms with E-state index < -0.39 is 22.2 Å². The maximum atomic E-state index is 13.3. The predicted octanol–water partition coefficient (Wildman–Crippen LogP) is 2.43. The molecule has 9 nitrogen and oxygen atoms in total. The molecule has 3 aliphatic rings. The van der Waals surface area contributed by atoms with E-state index in [1.807, 2.05) is 18.0 Å². The highest BCUT2D eigenvalue weighted by Gasteiger charge is 2.59. The van der Waals surface area contributed by atoms with Gasteiger partial charge in [0.05, 0.1) is 16.9 Å². The number of alkyl halides is 3. The first-order chi connectivity index (χ1) is 17.3. The molecule has 0 aliphatic carbocycles. The lowest BCUT2D eigenvalue weighted by molar-refractivity contribution is -0.192. The number of hydrogen-bond acceptors (Lipinski definition) is 6. The summed E-state index contributed by atoms with van der Waals surface area (Å²) >= 11 is 0. The first kappa shape index (κ1) is 29.3. The van der Waals surface area contributed by atoms with Crippen LogP contribution in [0.3, 0.4) is 0 Å². The Morgan fingerprint density at radius 2 is 1.59 bits per heavy atom. The van der Waals surface area contributed by atoms with E-state index in [-0.39, 0.29) is 16.9 Å². The highest BCUT2D eigenvalue weighted by molar-refractivity contribution is 7.89. The molecule has 1 N–H and O–H groups in total. The van der Waals surface area contributed by atoms with Crippen molar-refractivity contribution in [1.29, 1.82) is 0 Å². The molecule has 3 fully saturated rings. The second-order valence-electron chi connectivity index (χ2n) is 9.90. The Kier molecular flexibility index (Phi) is 8.93. The van der Waals surface area contributed by atoms with E-state index in [1.165, 1.54) is 0 Å². The SMILES string of the molecule is COCCN1CCC2(CC1)CC1(CCN(S(=O)(=O)c3ccccc3)CC1)N(C)C2=O.O=C(O)C(F)(F)F. The zero-order valence-corrected chi connectivity index (χ0v) is 21.9. The van der Waals surface area contributed by atoms with Gasteiger partial charge in [-0.15, -0.1) is 0 Å². The first-order valence-corrected chi connectivity index (χ1v) is 13.6. The van der Waals surface area contributed by atoms with Crippen LogP contribution in [0.2, 0.25) is 0 Å². The zero-order valence-electron chi connectivity index (χ0n) is 21.0. The van der Waals surface area contributed by atoms with Crippen molar-refractivity contribution in [2.24, 2.45) is 5.41 Å². The summed E-state index contributed by atoms with van der Waals surface area (Å²) in [5, 5.41) is 7.12. The van der Waals surface area contributed by atoms with E-state index in [0.717, 1.165) is 45.5 Å². The van der Waals surface area contributed by atoms with Crippen LogP contribution in [0, 0.1) is 5.41 Å². The number of benzene rings is 1. The van der Waals surface area contributed by atoms with Gasteiger partial charge in [-0.25, -0.2) is 13.2 Å². The standard InChI is InChI=1S/C22H33N3O4S.C2HF3O2/c1-23-20(26)21(8-12-24(13-9-21)16-17-29-2)18-22(23)10-14-25(15-11-22)30(27,28)19-6-4-3-5-7-19;3-2(4,5)1(6)7/h3-7H,8-18H2,1-2H3;(H,6,7). The number of sulfonamides is 1. The van der Waals surface area contributed by atoms with Crippen molar-refractivity contribution in [3.8, 4) is 0 Å². The van der Waals surface area contributed by atoms with Crippen LogP contribution in [0.1, 0.15) is 32.1 Å². The number of methoxy groups -OCH3 is 1. The number of carboxylic acids is 1. The van der Waals surface area contributed by atoms with Crippen molar-refractivity contribution in [3.05, 3.63) is 30.3 Å². The number of likely N-dealkylation sites (tertiary alicyclic amines) is 2. The van der Waals surface area contributed by atoms with Gasteiger partial charge in [-0.1, -0.05) is 18.2 Å². The van der Waals surface area contributed by atoms with E-state index in [9.17, 15) is 26.4 Å². The van der Waals surface area contributed by atoms with Crippen LogP contribution in [-0.2, 0) is 24.3 Å². The van der Waals surface area contributed by atoms with E-state index in [4.69, 9.17) is 14.6 Å². The molecule has 37 heavy (non-hydrogen) atoms. The number of hydrogen-bond donors (Lipinski definition) is 1. The minimum atomic E-state index is -5.08. The Balaban J connectivity index is 0.000000479. The maximum absolute atomic E-state index is 13.3. The summed E-state index contributed by atoms with van der Waals surface area (Å²) in [6.45, 7) is 4.40. The van der Waals surface area contributed by atoms with Crippen molar-refractivity contribution in [2.75, 3.05) is 53.5 Å². The molecule has 1 aromatic carbocycles. The Hall–Kier alpha value is -2.22. The minimum Gasteiger partial charge on any atom is -0.475 e. The Bertz CT molecular complexity index is 1050. The minimum absolute atomic E-state index is 0.214. The van der Waals surface area contributed by atoms with Gasteiger partial charge in [0.15, 0.2) is 0 Å². The van der Waals surface area contributed by atoms with E-state index in [0.29, 0.717) is 30.8 Å². The molecular weight excluding hydrogens is 515 g/mol. The van der Waals surface area contributed by atoms with E-state index in [1.54, 1.807) is 35.7 Å². The third kappa shape index (κ3) is 6.27. The number of carboxylic acid groups (broad SMARTS) is 1. The highest BCUT2D eigenvalue weighted by atomic mass is 32.2. The normalized spacial score (nSPS) is 22.2. The fraction of sp³-hybridized carbons (Fsp3) is 0.667. The number of nitrogens with zero attached hydrogens (tertiary/aromatic N) is 3. The molecule has 2 spiro atoms. The van der Waals surface area contributed by atoms with Crippen LogP contribution >= 0.6 is 0 Å². The summed E-state index contributed by atoms with van der Waals surface area (Å²) in [6, 6.07) is 8.63. The largest absolute Gasteiger partial charge is 0.490 e. The number of carbonyl (C=O) groups excluding carboxylic acids is 1. The van der Waals surface area contributed by atoms with E-state index >= 15 is 0 Å². The molecule has 0 radical (unpaired) electrons. The quantitative estimate of drug-likeness (QED) is 0.601. The summed E-state index contributed by atoms with van der Waals surface area (Å²) in [6.07, 6.45) is -1.05. The zero-order chi connectivity index (χ0) is 27.5. The lowest BCUT2D eigenvalue weighted by Gasteiger charge is -2.43. The van der Waals surface area contributed by atoms with Crippen molar-refractivity contribution >= 4 is 21.9 Å². The topological polar surface area (TPSA) is 107 Å². The third-order valence-corrected chi connectivity index (χ3v) is 9.75. The second kappa shape index (κ2) is 11.3. The summed E-state index contributed by atoms with van der Waals surface area (Å²) < 4.78 is 64.5. The number of halogens is 3. The monoisotopic (exact) mass is 549 g/mol. The van der Waals surface area contributed by atoms with Crippen LogP contribution in [0.5, 0.6) is 0 Å². The number of piperidine rings is 2. The number of rotatable bonds is 5. The Morgan fingerprint density at radius 1 is 1.05 bits per heavy atom. The van der Waals surface area contributed by atoms with Gasteiger partial charge in [-0.3, -0.25) is 4.79 Å². The van der Waals surface area contributed by atoms with Gasteiger partial charge in [0.1, 0.15) is 0 Å². The van der Waals surface area contributed by atoms with Gasteiger partial charge in [-0.2, -0.15) is 17.5 Å². The predicted molar refractivity (Wildman–Crippen MR) is 128 cm³/mol. The average Bonchev–Trinajstić information content (AvgIpc) is 3.06. The van der Waals surface area contributed by atoms with Crippen molar-refractivity contribution in [2.45, 2.75) is 48.7 Å². The van der Waals surface area contributed by atoms with Gasteiger partial charge in [-0.05, 0) is 57.3 Å².